The van der Waals surface area contributed by atoms with Crippen molar-refractivity contribution in [3.05, 3.63) is 52.3 Å². The van der Waals surface area contributed by atoms with Crippen molar-refractivity contribution in [3.63, 3.8) is 0 Å². The summed E-state index contributed by atoms with van der Waals surface area (Å²) in [6.45, 7) is 6.92. The van der Waals surface area contributed by atoms with E-state index in [2.05, 4.69) is 22.7 Å². The lowest BCUT2D eigenvalue weighted by atomic mass is 10.2. The third-order valence-electron chi connectivity index (χ3n) is 4.09. The van der Waals surface area contributed by atoms with E-state index in [1.54, 1.807) is 12.1 Å². The van der Waals surface area contributed by atoms with Gasteiger partial charge in [-0.2, -0.15) is 5.10 Å². The Labute approximate surface area is 168 Å². The van der Waals surface area contributed by atoms with Crippen LogP contribution in [0.4, 0.5) is 4.39 Å². The Morgan fingerprint density at radius 3 is 2.67 bits per heavy atom. The molecule has 1 aromatic carbocycles. The Morgan fingerprint density at radius 2 is 1.96 bits per heavy atom. The number of benzene rings is 1. The minimum atomic E-state index is -0.251. The smallest absolute Gasteiger partial charge is 0.261 e. The number of hydrogen-bond donors (Lipinski definition) is 2. The molecule has 27 heavy (non-hydrogen) atoms. The second-order valence-electron chi connectivity index (χ2n) is 6.20. The number of rotatable bonds is 8. The van der Waals surface area contributed by atoms with Crippen molar-refractivity contribution in [1.29, 1.82) is 0 Å². The van der Waals surface area contributed by atoms with E-state index in [-0.39, 0.29) is 24.1 Å². The van der Waals surface area contributed by atoms with Crippen molar-refractivity contribution in [1.82, 2.24) is 20.4 Å². The molecule has 2 aromatic heterocycles. The number of carbonyl (C=O) groups excluding carboxylic acids is 1. The average Bonchev–Trinajstić information content (AvgIpc) is 3.18. The van der Waals surface area contributed by atoms with Crippen LogP contribution >= 0.6 is 23.7 Å². The standard InChI is InChI=1S/C19H23FN4OS.ClH/c1-3-8-21-9-10-22-18(25)17-11-16-13(2)23-24(19(16)26-17)12-14-4-6-15(20)7-5-14;/h4-7,11,21H,3,8-10,12H2,1-2H3,(H,22,25);1H. The second-order valence-corrected chi connectivity index (χ2v) is 7.24. The van der Waals surface area contributed by atoms with Crippen molar-refractivity contribution in [2.24, 2.45) is 0 Å². The summed E-state index contributed by atoms with van der Waals surface area (Å²) >= 11 is 1.44. The molecule has 1 amide bonds. The SMILES string of the molecule is CCCNCCNC(=O)c1cc2c(C)nn(Cc3ccc(F)cc3)c2s1.Cl. The molecule has 0 aliphatic carbocycles. The summed E-state index contributed by atoms with van der Waals surface area (Å²) in [5.74, 6) is -0.309. The Kier molecular flexibility index (Phi) is 7.77. The van der Waals surface area contributed by atoms with Gasteiger partial charge in [0.25, 0.3) is 5.91 Å². The molecule has 0 atom stereocenters. The Balaban J connectivity index is 0.00000261. The lowest BCUT2D eigenvalue weighted by Crippen LogP contribution is -2.31. The van der Waals surface area contributed by atoms with Crippen molar-refractivity contribution >= 4 is 39.9 Å². The van der Waals surface area contributed by atoms with E-state index >= 15 is 0 Å². The maximum atomic E-state index is 13.1. The van der Waals surface area contributed by atoms with Gasteiger partial charge in [-0.05, 0) is 43.7 Å². The molecule has 3 aromatic rings. The van der Waals surface area contributed by atoms with Crippen LogP contribution in [-0.4, -0.2) is 35.3 Å². The Hall–Kier alpha value is -1.96. The third-order valence-corrected chi connectivity index (χ3v) is 5.24. The first kappa shape index (κ1) is 21.3. The number of amides is 1. The molecule has 0 unspecified atom stereocenters. The highest BCUT2D eigenvalue weighted by Crippen LogP contribution is 2.28. The largest absolute Gasteiger partial charge is 0.350 e. The molecular weight excluding hydrogens is 387 g/mol. The molecular formula is C19H24ClFN4OS. The number of aryl methyl sites for hydroxylation is 1. The van der Waals surface area contributed by atoms with Crippen LogP contribution in [0.2, 0.25) is 0 Å². The summed E-state index contributed by atoms with van der Waals surface area (Å²) in [6, 6.07) is 8.30. The molecule has 2 N–H and O–H groups in total. The van der Waals surface area contributed by atoms with E-state index in [1.807, 2.05) is 17.7 Å². The maximum absolute atomic E-state index is 13.1. The molecule has 0 saturated carbocycles. The molecule has 0 aliphatic heterocycles. The molecule has 0 spiro atoms. The predicted octanol–water partition coefficient (Wildman–Crippen LogP) is 3.74. The number of hydrogen-bond acceptors (Lipinski definition) is 4. The average molecular weight is 411 g/mol. The molecule has 0 saturated heterocycles. The minimum Gasteiger partial charge on any atom is -0.350 e. The van der Waals surface area contributed by atoms with E-state index in [9.17, 15) is 9.18 Å². The predicted molar refractivity (Wildman–Crippen MR) is 111 cm³/mol. The molecule has 0 fully saturated rings. The number of aromatic nitrogens is 2. The van der Waals surface area contributed by atoms with Gasteiger partial charge in [0.1, 0.15) is 10.6 Å². The van der Waals surface area contributed by atoms with Crippen LogP contribution in [0.1, 0.15) is 34.3 Å². The molecule has 5 nitrogen and oxygen atoms in total. The van der Waals surface area contributed by atoms with Gasteiger partial charge in [0.05, 0.1) is 17.1 Å². The van der Waals surface area contributed by atoms with Gasteiger partial charge in [-0.15, -0.1) is 23.7 Å². The molecule has 0 radical (unpaired) electrons. The normalized spacial score (nSPS) is 10.8. The highest BCUT2D eigenvalue weighted by atomic mass is 35.5. The first-order valence-corrected chi connectivity index (χ1v) is 9.60. The maximum Gasteiger partial charge on any atom is 0.261 e. The van der Waals surface area contributed by atoms with Gasteiger partial charge >= 0.3 is 0 Å². The van der Waals surface area contributed by atoms with Crippen molar-refractivity contribution in [3.8, 4) is 0 Å². The van der Waals surface area contributed by atoms with Gasteiger partial charge in [0.2, 0.25) is 0 Å². The monoisotopic (exact) mass is 410 g/mol. The molecule has 0 bridgehead atoms. The van der Waals surface area contributed by atoms with Crippen LogP contribution in [0, 0.1) is 12.7 Å². The van der Waals surface area contributed by atoms with Crippen LogP contribution in [-0.2, 0) is 6.54 Å². The first-order chi connectivity index (χ1) is 12.6. The van der Waals surface area contributed by atoms with Crippen LogP contribution < -0.4 is 10.6 Å². The highest BCUT2D eigenvalue weighted by molar-refractivity contribution is 7.20. The van der Waals surface area contributed by atoms with Gasteiger partial charge in [-0.3, -0.25) is 9.48 Å². The number of nitrogens with one attached hydrogen (secondary N) is 2. The molecule has 8 heteroatoms. The lowest BCUT2D eigenvalue weighted by Gasteiger charge is -2.05. The van der Waals surface area contributed by atoms with Gasteiger partial charge in [-0.1, -0.05) is 19.1 Å². The van der Waals surface area contributed by atoms with Crippen LogP contribution in [0.25, 0.3) is 10.2 Å². The van der Waals surface area contributed by atoms with Crippen molar-refractivity contribution < 1.29 is 9.18 Å². The number of halogens is 2. The van der Waals surface area contributed by atoms with Crippen LogP contribution in [0.3, 0.4) is 0 Å². The quantitative estimate of drug-likeness (QED) is 0.556. The zero-order chi connectivity index (χ0) is 18.5. The van der Waals surface area contributed by atoms with Crippen LogP contribution in [0.15, 0.2) is 30.3 Å². The topological polar surface area (TPSA) is 58.9 Å². The zero-order valence-corrected chi connectivity index (χ0v) is 17.1. The van der Waals surface area contributed by atoms with Gasteiger partial charge in [-0.25, -0.2) is 4.39 Å². The van der Waals surface area contributed by atoms with Crippen molar-refractivity contribution in [2.75, 3.05) is 19.6 Å². The Morgan fingerprint density at radius 1 is 1.22 bits per heavy atom. The summed E-state index contributed by atoms with van der Waals surface area (Å²) in [5, 5.41) is 11.7. The minimum absolute atomic E-state index is 0. The number of nitrogens with zero attached hydrogens (tertiary/aromatic N) is 2. The first-order valence-electron chi connectivity index (χ1n) is 8.78. The van der Waals surface area contributed by atoms with E-state index in [0.717, 1.165) is 41.0 Å². The van der Waals surface area contributed by atoms with Crippen molar-refractivity contribution in [2.45, 2.75) is 26.8 Å². The van der Waals surface area contributed by atoms with E-state index in [0.29, 0.717) is 18.0 Å². The summed E-state index contributed by atoms with van der Waals surface area (Å²) in [5.41, 5.74) is 1.86. The zero-order valence-electron chi connectivity index (χ0n) is 15.4. The van der Waals surface area contributed by atoms with Gasteiger partial charge in [0.15, 0.2) is 0 Å². The van der Waals surface area contributed by atoms with Crippen LogP contribution in [0.5, 0.6) is 0 Å². The number of thiophene rings is 1. The number of carbonyl (C=O) groups is 1. The van der Waals surface area contributed by atoms with E-state index in [1.165, 1.54) is 23.5 Å². The lowest BCUT2D eigenvalue weighted by molar-refractivity contribution is 0.0958. The second kappa shape index (κ2) is 9.82. The summed E-state index contributed by atoms with van der Waals surface area (Å²) in [4.78, 5) is 14.0. The molecule has 0 aliphatic rings. The molecule has 146 valence electrons. The Bertz CT molecular complexity index is 891. The molecule has 3 rings (SSSR count). The fourth-order valence-electron chi connectivity index (χ4n) is 2.75. The van der Waals surface area contributed by atoms with E-state index < -0.39 is 0 Å². The summed E-state index contributed by atoms with van der Waals surface area (Å²) in [6.07, 6.45) is 1.08. The summed E-state index contributed by atoms with van der Waals surface area (Å²) < 4.78 is 15.0. The van der Waals surface area contributed by atoms with Gasteiger partial charge < -0.3 is 10.6 Å². The summed E-state index contributed by atoms with van der Waals surface area (Å²) in [7, 11) is 0. The van der Waals surface area contributed by atoms with E-state index in [4.69, 9.17) is 0 Å². The number of fused-ring (bicyclic) bond motifs is 1. The van der Waals surface area contributed by atoms with Gasteiger partial charge in [0, 0.05) is 18.5 Å². The molecule has 2 heterocycles. The fraction of sp³-hybridized carbons (Fsp3) is 0.368. The third kappa shape index (κ3) is 5.28. The highest BCUT2D eigenvalue weighted by Gasteiger charge is 2.16. The fourth-order valence-corrected chi connectivity index (χ4v) is 3.83.